The Kier molecular flexibility index (Phi) is 7.53. The van der Waals surface area contributed by atoms with Crippen molar-refractivity contribution in [3.8, 4) is 5.75 Å². The number of nitrogens with two attached hydrogens (primary N) is 1. The number of halogens is 1. The Morgan fingerprint density at radius 1 is 1.13 bits per heavy atom. The number of carbonyl (C=O) groups is 1. The second-order valence-corrected chi connectivity index (χ2v) is 9.78. The van der Waals surface area contributed by atoms with Crippen molar-refractivity contribution in [3.63, 3.8) is 0 Å². The van der Waals surface area contributed by atoms with Crippen LogP contribution in [0, 0.1) is 0 Å². The largest absolute Gasteiger partial charge is 0.495 e. The van der Waals surface area contributed by atoms with Gasteiger partial charge in [0.1, 0.15) is 11.6 Å². The third-order valence-corrected chi connectivity index (χ3v) is 6.91. The molecule has 8 nitrogen and oxygen atoms in total. The smallest absolute Gasteiger partial charge is 0.250 e. The van der Waals surface area contributed by atoms with Crippen molar-refractivity contribution in [1.82, 2.24) is 14.9 Å². The van der Waals surface area contributed by atoms with Crippen LogP contribution in [-0.2, 0) is 0 Å². The van der Waals surface area contributed by atoms with E-state index in [4.69, 9.17) is 22.1 Å². The van der Waals surface area contributed by atoms with Gasteiger partial charge in [0.15, 0.2) is 0 Å². The van der Waals surface area contributed by atoms with Crippen LogP contribution in [0.2, 0.25) is 5.02 Å². The first-order chi connectivity index (χ1) is 18.4. The molecule has 0 fully saturated rings. The molecule has 0 radical (unpaired) electrons. The van der Waals surface area contributed by atoms with Gasteiger partial charge in [-0.2, -0.15) is 0 Å². The van der Waals surface area contributed by atoms with Crippen LogP contribution in [-0.4, -0.2) is 47.5 Å². The van der Waals surface area contributed by atoms with Gasteiger partial charge in [0.05, 0.1) is 47.6 Å². The first kappa shape index (κ1) is 25.6. The molecule has 38 heavy (non-hydrogen) atoms. The molecule has 5 rings (SSSR count). The van der Waals surface area contributed by atoms with Gasteiger partial charge in [-0.15, -0.1) is 0 Å². The number of ether oxygens (including phenoxy) is 1. The molecular formula is C29H31ClN6O2. The van der Waals surface area contributed by atoms with Crippen LogP contribution in [0.15, 0.2) is 60.9 Å². The second kappa shape index (κ2) is 11.2. The summed E-state index contributed by atoms with van der Waals surface area (Å²) in [5.41, 5.74) is 11.3. The molecule has 5 N–H and O–H groups in total. The highest BCUT2D eigenvalue weighted by Gasteiger charge is 2.16. The molecule has 0 saturated heterocycles. The Bertz CT molecular complexity index is 1510. The number of anilines is 4. The summed E-state index contributed by atoms with van der Waals surface area (Å²) >= 11 is 6.06. The van der Waals surface area contributed by atoms with E-state index in [9.17, 15) is 4.79 Å². The average molecular weight is 531 g/mol. The van der Waals surface area contributed by atoms with Crippen LogP contribution >= 0.6 is 11.6 Å². The number of aromatic amines is 1. The minimum atomic E-state index is -0.566. The fourth-order valence-corrected chi connectivity index (χ4v) is 5.03. The van der Waals surface area contributed by atoms with Gasteiger partial charge in [0.25, 0.3) is 5.91 Å². The molecule has 1 aliphatic heterocycles. The summed E-state index contributed by atoms with van der Waals surface area (Å²) in [6.45, 7) is 5.40. The summed E-state index contributed by atoms with van der Waals surface area (Å²) < 4.78 is 5.75. The van der Waals surface area contributed by atoms with Gasteiger partial charge in [0.2, 0.25) is 0 Å². The maximum atomic E-state index is 11.9. The summed E-state index contributed by atoms with van der Waals surface area (Å²) in [5, 5.41) is 8.05. The van der Waals surface area contributed by atoms with Crippen molar-refractivity contribution in [2.75, 3.05) is 37.4 Å². The van der Waals surface area contributed by atoms with Crippen LogP contribution in [0.3, 0.4) is 0 Å². The Balaban J connectivity index is 1.40. The first-order valence-electron chi connectivity index (χ1n) is 12.6. The number of methoxy groups -OCH3 is 1. The van der Waals surface area contributed by atoms with E-state index in [1.54, 1.807) is 37.7 Å². The zero-order valence-corrected chi connectivity index (χ0v) is 22.2. The van der Waals surface area contributed by atoms with Crippen molar-refractivity contribution in [3.05, 3.63) is 77.1 Å². The van der Waals surface area contributed by atoms with Gasteiger partial charge in [-0.05, 0) is 66.9 Å². The molecule has 0 unspecified atom stereocenters. The molecule has 0 spiro atoms. The van der Waals surface area contributed by atoms with Crippen LogP contribution in [0.4, 0.5) is 22.9 Å². The Morgan fingerprint density at radius 3 is 2.76 bits per heavy atom. The lowest BCUT2D eigenvalue weighted by atomic mass is 10.00. The zero-order chi connectivity index (χ0) is 26.6. The monoisotopic (exact) mass is 530 g/mol. The third-order valence-electron chi connectivity index (χ3n) is 6.67. The molecule has 0 atom stereocenters. The zero-order valence-electron chi connectivity index (χ0n) is 21.5. The van der Waals surface area contributed by atoms with Crippen LogP contribution in [0.1, 0.15) is 35.7 Å². The van der Waals surface area contributed by atoms with E-state index in [0.29, 0.717) is 16.3 Å². The average Bonchev–Trinajstić information content (AvgIpc) is 3.33. The van der Waals surface area contributed by atoms with E-state index in [1.165, 1.54) is 11.1 Å². The second-order valence-electron chi connectivity index (χ2n) is 9.34. The Hall–Kier alpha value is -4.01. The molecule has 0 saturated carbocycles. The number of H-pyrrole nitrogens is 1. The Morgan fingerprint density at radius 2 is 1.97 bits per heavy atom. The Labute approximate surface area is 226 Å². The minimum absolute atomic E-state index is 0.305. The molecule has 1 aliphatic rings. The van der Waals surface area contributed by atoms with Crippen molar-refractivity contribution in [2.24, 2.45) is 5.73 Å². The summed E-state index contributed by atoms with van der Waals surface area (Å²) in [6.07, 6.45) is 8.00. The quantitative estimate of drug-likeness (QED) is 0.202. The molecule has 4 aromatic rings. The first-order valence-corrected chi connectivity index (χ1v) is 13.0. The number of primary amides is 1. The van der Waals surface area contributed by atoms with Crippen molar-refractivity contribution < 1.29 is 9.53 Å². The van der Waals surface area contributed by atoms with E-state index < -0.39 is 5.91 Å². The van der Waals surface area contributed by atoms with Crippen molar-refractivity contribution >= 4 is 56.9 Å². The molecule has 0 bridgehead atoms. The normalized spacial score (nSPS) is 13.8. The molecule has 2 aromatic heterocycles. The summed E-state index contributed by atoms with van der Waals surface area (Å²) in [6, 6.07) is 13.2. The topological polar surface area (TPSA) is 108 Å². The van der Waals surface area contributed by atoms with Gasteiger partial charge in [0, 0.05) is 23.5 Å². The molecule has 3 heterocycles. The number of carbonyl (C=O) groups excluding carboxylic acids is 1. The fourth-order valence-electron chi connectivity index (χ4n) is 4.85. The molecule has 196 valence electrons. The summed E-state index contributed by atoms with van der Waals surface area (Å²) in [5.74, 6) is 0.974. The van der Waals surface area contributed by atoms with Crippen LogP contribution in [0.25, 0.3) is 16.5 Å². The molecule has 0 aliphatic carbocycles. The van der Waals surface area contributed by atoms with E-state index in [0.717, 1.165) is 66.3 Å². The molecule has 1 amide bonds. The van der Waals surface area contributed by atoms with Gasteiger partial charge in [-0.25, -0.2) is 0 Å². The number of aromatic nitrogens is 2. The maximum Gasteiger partial charge on any atom is 0.250 e. The minimum Gasteiger partial charge on any atom is -0.495 e. The fraction of sp³-hybridized carbons (Fsp3) is 0.241. The van der Waals surface area contributed by atoms with E-state index in [2.05, 4.69) is 50.6 Å². The predicted molar refractivity (Wildman–Crippen MR) is 155 cm³/mol. The highest BCUT2D eigenvalue weighted by Crippen LogP contribution is 2.35. The summed E-state index contributed by atoms with van der Waals surface area (Å²) in [4.78, 5) is 22.1. The number of rotatable bonds is 9. The van der Waals surface area contributed by atoms with E-state index >= 15 is 0 Å². The van der Waals surface area contributed by atoms with Crippen LogP contribution < -0.4 is 21.1 Å². The highest BCUT2D eigenvalue weighted by molar-refractivity contribution is 6.31. The number of pyridine rings is 1. The van der Waals surface area contributed by atoms with Crippen LogP contribution in [0.5, 0.6) is 5.75 Å². The lowest BCUT2D eigenvalue weighted by molar-refractivity contribution is 0.100. The van der Waals surface area contributed by atoms with Crippen molar-refractivity contribution in [1.29, 1.82) is 0 Å². The lowest BCUT2D eigenvalue weighted by Gasteiger charge is -2.27. The number of amides is 1. The number of nitrogens with zero attached hydrogens (tertiary/aromatic N) is 2. The third kappa shape index (κ3) is 5.46. The van der Waals surface area contributed by atoms with Gasteiger partial charge in [-0.3, -0.25) is 14.7 Å². The number of nitrogens with one attached hydrogen (secondary N) is 3. The van der Waals surface area contributed by atoms with Crippen molar-refractivity contribution in [2.45, 2.75) is 19.8 Å². The van der Waals surface area contributed by atoms with Gasteiger partial charge in [-0.1, -0.05) is 30.7 Å². The predicted octanol–water partition coefficient (Wildman–Crippen LogP) is 6.31. The molecular weight excluding hydrogens is 500 g/mol. The number of fused-ring (bicyclic) bond motifs is 1. The summed E-state index contributed by atoms with van der Waals surface area (Å²) in [7, 11) is 1.68. The molecule has 2 aromatic carbocycles. The standard InChI is InChI=1S/C29H31ClN6O2/c1-3-10-36-11-4-5-19(17-36)18-6-8-24(27(12-18)38-2)34-28-14-21-25(15-32-16-26(21)35-28)33-23-9-7-20(30)13-22(23)29(31)37/h5-9,12-16,33-35H,3-4,10-11,17H2,1-2H3,(H2,31,37). The van der Waals surface area contributed by atoms with Gasteiger partial charge >= 0.3 is 0 Å². The number of hydrogen-bond donors (Lipinski definition) is 4. The maximum absolute atomic E-state index is 11.9. The lowest BCUT2D eigenvalue weighted by Crippen LogP contribution is -2.30. The SMILES string of the molecule is CCCN1CCC=C(c2ccc(Nc3cc4c(Nc5ccc(Cl)cc5C(N)=O)cncc4[nH]3)c(OC)c2)C1. The number of benzene rings is 2. The van der Waals surface area contributed by atoms with E-state index in [-0.39, 0.29) is 0 Å². The molecule has 9 heteroatoms. The highest BCUT2D eigenvalue weighted by atomic mass is 35.5. The van der Waals surface area contributed by atoms with Gasteiger partial charge < -0.3 is 26.1 Å². The van der Waals surface area contributed by atoms with E-state index in [1.807, 2.05) is 12.1 Å². The number of hydrogen-bond acceptors (Lipinski definition) is 6.